The Labute approximate surface area is 170 Å². The zero-order valence-electron chi connectivity index (χ0n) is 16.1. The Morgan fingerprint density at radius 3 is 2.70 bits per heavy atom. The standard InChI is InChI=1S/C20H20F3N3O4/c1-30-17-7-3-5-14(18(17)26(28)29)11-25-9-8-16(12-25)24-19(27)13-4-2-6-15(10-13)20(21,22)23/h2-7,10,16H,8-9,11-12H2,1H3,(H,24,27). The molecule has 1 aliphatic heterocycles. The summed E-state index contributed by atoms with van der Waals surface area (Å²) in [6.45, 7) is 1.31. The minimum Gasteiger partial charge on any atom is -0.490 e. The number of methoxy groups -OCH3 is 1. The molecule has 0 aliphatic carbocycles. The van der Waals surface area contributed by atoms with Crippen molar-refractivity contribution < 1.29 is 27.6 Å². The first-order chi connectivity index (χ1) is 14.2. The van der Waals surface area contributed by atoms with Crippen LogP contribution in [0.5, 0.6) is 5.75 Å². The Bertz CT molecular complexity index is 949. The van der Waals surface area contributed by atoms with Crippen molar-refractivity contribution >= 4 is 11.6 Å². The molecule has 1 heterocycles. The van der Waals surface area contributed by atoms with Gasteiger partial charge in [0.2, 0.25) is 0 Å². The molecule has 10 heteroatoms. The summed E-state index contributed by atoms with van der Waals surface area (Å²) >= 11 is 0. The van der Waals surface area contributed by atoms with Crippen molar-refractivity contribution in [3.8, 4) is 5.75 Å². The molecule has 1 fully saturated rings. The van der Waals surface area contributed by atoms with Crippen LogP contribution in [-0.4, -0.2) is 42.0 Å². The van der Waals surface area contributed by atoms with Crippen molar-refractivity contribution in [2.75, 3.05) is 20.2 Å². The number of carbonyl (C=O) groups excluding carboxylic acids is 1. The van der Waals surface area contributed by atoms with Crippen molar-refractivity contribution in [3.63, 3.8) is 0 Å². The first kappa shape index (κ1) is 21.6. The molecule has 160 valence electrons. The van der Waals surface area contributed by atoms with E-state index in [0.29, 0.717) is 31.6 Å². The summed E-state index contributed by atoms with van der Waals surface area (Å²) in [6, 6.07) is 8.83. The predicted octanol–water partition coefficient (Wildman–Crippen LogP) is 3.63. The Balaban J connectivity index is 1.64. The highest BCUT2D eigenvalue weighted by atomic mass is 19.4. The predicted molar refractivity (Wildman–Crippen MR) is 102 cm³/mol. The van der Waals surface area contributed by atoms with Gasteiger partial charge >= 0.3 is 11.9 Å². The van der Waals surface area contributed by atoms with E-state index in [4.69, 9.17) is 4.74 Å². The van der Waals surface area contributed by atoms with E-state index in [0.717, 1.165) is 12.1 Å². The number of likely N-dealkylation sites (tertiary alicyclic amines) is 1. The lowest BCUT2D eigenvalue weighted by Gasteiger charge is -2.17. The van der Waals surface area contributed by atoms with Crippen LogP contribution < -0.4 is 10.1 Å². The summed E-state index contributed by atoms with van der Waals surface area (Å²) in [5.41, 5.74) is -0.555. The van der Waals surface area contributed by atoms with Crippen molar-refractivity contribution in [3.05, 3.63) is 69.3 Å². The van der Waals surface area contributed by atoms with Crippen LogP contribution in [0.1, 0.15) is 27.9 Å². The van der Waals surface area contributed by atoms with E-state index in [-0.39, 0.29) is 23.0 Å². The van der Waals surface area contributed by atoms with Crippen molar-refractivity contribution in [1.29, 1.82) is 0 Å². The summed E-state index contributed by atoms with van der Waals surface area (Å²) in [5, 5.41) is 14.2. The number of carbonyl (C=O) groups is 1. The van der Waals surface area contributed by atoms with E-state index in [1.165, 1.54) is 25.3 Å². The number of nitro groups is 1. The Kier molecular flexibility index (Phi) is 6.25. The van der Waals surface area contributed by atoms with Gasteiger partial charge < -0.3 is 10.1 Å². The molecular formula is C20H20F3N3O4. The molecule has 0 saturated carbocycles. The zero-order chi connectivity index (χ0) is 21.9. The van der Waals surface area contributed by atoms with E-state index in [1.807, 2.05) is 4.90 Å². The second-order valence-electron chi connectivity index (χ2n) is 7.00. The van der Waals surface area contributed by atoms with Crippen LogP contribution in [-0.2, 0) is 12.7 Å². The van der Waals surface area contributed by atoms with Gasteiger partial charge in [0.15, 0.2) is 5.75 Å². The van der Waals surface area contributed by atoms with Crippen molar-refractivity contribution in [2.24, 2.45) is 0 Å². The maximum atomic E-state index is 12.8. The average Bonchev–Trinajstić information content (AvgIpc) is 3.13. The van der Waals surface area contributed by atoms with Crippen LogP contribution in [0.2, 0.25) is 0 Å². The van der Waals surface area contributed by atoms with Gasteiger partial charge in [0.25, 0.3) is 5.91 Å². The summed E-state index contributed by atoms with van der Waals surface area (Å²) in [6.07, 6.45) is -3.94. The van der Waals surface area contributed by atoms with Gasteiger partial charge in [-0.1, -0.05) is 18.2 Å². The fourth-order valence-corrected chi connectivity index (χ4v) is 3.51. The maximum absolute atomic E-state index is 12.8. The van der Waals surface area contributed by atoms with E-state index in [1.54, 1.807) is 12.1 Å². The molecule has 1 amide bonds. The Morgan fingerprint density at radius 2 is 2.03 bits per heavy atom. The van der Waals surface area contributed by atoms with E-state index < -0.39 is 22.6 Å². The number of nitrogens with zero attached hydrogens (tertiary/aromatic N) is 2. The number of hydrogen-bond donors (Lipinski definition) is 1. The zero-order valence-corrected chi connectivity index (χ0v) is 16.1. The maximum Gasteiger partial charge on any atom is 0.416 e. The topological polar surface area (TPSA) is 84.7 Å². The van der Waals surface area contributed by atoms with Crippen molar-refractivity contribution in [1.82, 2.24) is 10.2 Å². The van der Waals surface area contributed by atoms with E-state index in [9.17, 15) is 28.1 Å². The normalized spacial score (nSPS) is 17.0. The van der Waals surface area contributed by atoms with Gasteiger partial charge in [-0.3, -0.25) is 19.8 Å². The van der Waals surface area contributed by atoms with Crippen LogP contribution in [0.15, 0.2) is 42.5 Å². The minimum atomic E-state index is -4.52. The largest absolute Gasteiger partial charge is 0.490 e. The molecular weight excluding hydrogens is 403 g/mol. The molecule has 30 heavy (non-hydrogen) atoms. The number of alkyl halides is 3. The monoisotopic (exact) mass is 423 g/mol. The molecule has 2 aromatic carbocycles. The van der Waals surface area contributed by atoms with E-state index >= 15 is 0 Å². The number of amides is 1. The van der Waals surface area contributed by atoms with Gasteiger partial charge in [-0.2, -0.15) is 13.2 Å². The summed E-state index contributed by atoms with van der Waals surface area (Å²) in [4.78, 5) is 25.2. The second-order valence-corrected chi connectivity index (χ2v) is 7.00. The summed E-state index contributed by atoms with van der Waals surface area (Å²) in [7, 11) is 1.36. The lowest BCUT2D eigenvalue weighted by atomic mass is 10.1. The molecule has 1 unspecified atom stereocenters. The number of halogens is 3. The number of hydrogen-bond acceptors (Lipinski definition) is 5. The lowest BCUT2D eigenvalue weighted by Crippen LogP contribution is -2.37. The number of ether oxygens (including phenoxy) is 1. The first-order valence-corrected chi connectivity index (χ1v) is 9.19. The smallest absolute Gasteiger partial charge is 0.416 e. The van der Waals surface area contributed by atoms with Gasteiger partial charge in [0, 0.05) is 36.8 Å². The van der Waals surface area contributed by atoms with Gasteiger partial charge in [0.05, 0.1) is 17.6 Å². The first-order valence-electron chi connectivity index (χ1n) is 9.19. The number of benzene rings is 2. The van der Waals surface area contributed by atoms with Crippen LogP contribution in [0.25, 0.3) is 0 Å². The minimum absolute atomic E-state index is 0.0632. The van der Waals surface area contributed by atoms with Crippen LogP contribution >= 0.6 is 0 Å². The number of rotatable bonds is 6. The van der Waals surface area contributed by atoms with Crippen LogP contribution in [0.3, 0.4) is 0 Å². The molecule has 0 spiro atoms. The highest BCUT2D eigenvalue weighted by Gasteiger charge is 2.32. The summed E-state index contributed by atoms with van der Waals surface area (Å²) in [5.74, 6) is -0.411. The summed E-state index contributed by atoms with van der Waals surface area (Å²) < 4.78 is 43.6. The third kappa shape index (κ3) is 4.88. The molecule has 1 saturated heterocycles. The van der Waals surface area contributed by atoms with Gasteiger partial charge in [-0.05, 0) is 30.7 Å². The molecule has 0 bridgehead atoms. The number of nitrogens with one attached hydrogen (secondary N) is 1. The third-order valence-electron chi connectivity index (χ3n) is 4.94. The molecule has 1 N–H and O–H groups in total. The highest BCUT2D eigenvalue weighted by Crippen LogP contribution is 2.32. The Morgan fingerprint density at radius 1 is 1.30 bits per heavy atom. The van der Waals surface area contributed by atoms with Gasteiger partial charge in [-0.15, -0.1) is 0 Å². The molecule has 3 rings (SSSR count). The molecule has 7 nitrogen and oxygen atoms in total. The highest BCUT2D eigenvalue weighted by molar-refractivity contribution is 5.94. The average molecular weight is 423 g/mol. The fraction of sp³-hybridized carbons (Fsp3) is 0.350. The number of para-hydroxylation sites is 1. The van der Waals surface area contributed by atoms with Crippen molar-refractivity contribution in [2.45, 2.75) is 25.2 Å². The van der Waals surface area contributed by atoms with E-state index in [2.05, 4.69) is 5.32 Å². The molecule has 2 aromatic rings. The number of nitro benzene ring substituents is 1. The lowest BCUT2D eigenvalue weighted by molar-refractivity contribution is -0.386. The SMILES string of the molecule is COc1cccc(CN2CCC(NC(=O)c3cccc(C(F)(F)F)c3)C2)c1[N+](=O)[O-]. The van der Waals surface area contributed by atoms with Crippen LogP contribution in [0, 0.1) is 10.1 Å². The third-order valence-corrected chi connectivity index (χ3v) is 4.94. The molecule has 1 aliphatic rings. The van der Waals surface area contributed by atoms with Gasteiger partial charge in [-0.25, -0.2) is 0 Å². The quantitative estimate of drug-likeness (QED) is 0.567. The molecule has 0 radical (unpaired) electrons. The Hall–Kier alpha value is -3.14. The fourth-order valence-electron chi connectivity index (χ4n) is 3.51. The second kappa shape index (κ2) is 8.70. The molecule has 0 aromatic heterocycles. The van der Waals surface area contributed by atoms with Gasteiger partial charge in [0.1, 0.15) is 0 Å². The molecule has 1 atom stereocenters. The van der Waals surface area contributed by atoms with Crippen LogP contribution in [0.4, 0.5) is 18.9 Å².